The van der Waals surface area contributed by atoms with Gasteiger partial charge in [-0.05, 0) is 26.2 Å². The Labute approximate surface area is 137 Å². The first-order chi connectivity index (χ1) is 11.2. The van der Waals surface area contributed by atoms with Crippen LogP contribution in [0.1, 0.15) is 49.7 Å². The first kappa shape index (κ1) is 15.8. The quantitative estimate of drug-likeness (QED) is 0.907. The molecule has 1 aliphatic rings. The number of hydrogen-bond donors (Lipinski definition) is 1. The van der Waals surface area contributed by atoms with Crippen LogP contribution in [0.15, 0.2) is 35.1 Å². The van der Waals surface area contributed by atoms with Crippen LogP contribution in [0.2, 0.25) is 0 Å². The van der Waals surface area contributed by atoms with E-state index in [1.165, 1.54) is 24.8 Å². The van der Waals surface area contributed by atoms with Gasteiger partial charge in [0, 0.05) is 23.6 Å². The lowest BCUT2D eigenvalue weighted by molar-refractivity contribution is -0.121. The Kier molecular flexibility index (Phi) is 5.11. The molecule has 0 atom stereocenters. The van der Waals surface area contributed by atoms with Gasteiger partial charge in [-0.1, -0.05) is 54.2 Å². The molecule has 122 valence electrons. The molecule has 0 spiro atoms. The Morgan fingerprint density at radius 3 is 2.70 bits per heavy atom. The highest BCUT2D eigenvalue weighted by Crippen LogP contribution is 2.24. The van der Waals surface area contributed by atoms with Gasteiger partial charge in [0.1, 0.15) is 12.0 Å². The molecule has 0 unspecified atom stereocenters. The Hall–Kier alpha value is -2.10. The molecule has 2 aromatic rings. The van der Waals surface area contributed by atoms with Gasteiger partial charge in [-0.2, -0.15) is 0 Å². The van der Waals surface area contributed by atoms with E-state index < -0.39 is 0 Å². The highest BCUT2D eigenvalue weighted by atomic mass is 16.5. The van der Waals surface area contributed by atoms with Crippen LogP contribution in [0.25, 0.3) is 11.3 Å². The van der Waals surface area contributed by atoms with Crippen molar-refractivity contribution in [1.29, 1.82) is 0 Å². The highest BCUT2D eigenvalue weighted by Gasteiger charge is 2.17. The summed E-state index contributed by atoms with van der Waals surface area (Å²) < 4.78 is 5.13. The van der Waals surface area contributed by atoms with Gasteiger partial charge in [-0.3, -0.25) is 4.79 Å². The molecule has 1 amide bonds. The van der Waals surface area contributed by atoms with E-state index in [1.54, 1.807) is 6.26 Å². The minimum Gasteiger partial charge on any atom is -0.364 e. The van der Waals surface area contributed by atoms with Crippen LogP contribution >= 0.6 is 0 Å². The number of carbonyl (C=O) groups is 1. The summed E-state index contributed by atoms with van der Waals surface area (Å²) in [6, 6.07) is 8.57. The lowest BCUT2D eigenvalue weighted by Gasteiger charge is -2.22. The van der Waals surface area contributed by atoms with Crippen molar-refractivity contribution < 1.29 is 9.32 Å². The van der Waals surface area contributed by atoms with Gasteiger partial charge in [0.2, 0.25) is 5.91 Å². The van der Waals surface area contributed by atoms with E-state index in [0.717, 1.165) is 29.7 Å². The Balaban J connectivity index is 1.57. The third kappa shape index (κ3) is 4.21. The molecule has 0 radical (unpaired) electrons. The van der Waals surface area contributed by atoms with E-state index >= 15 is 0 Å². The predicted molar refractivity (Wildman–Crippen MR) is 90.0 cm³/mol. The molecule has 0 aliphatic heterocycles. The highest BCUT2D eigenvalue weighted by molar-refractivity contribution is 5.77. The molecule has 1 N–H and O–H groups in total. The topological polar surface area (TPSA) is 55.1 Å². The van der Waals surface area contributed by atoms with Gasteiger partial charge >= 0.3 is 0 Å². The second-order valence-corrected chi connectivity index (χ2v) is 6.46. The zero-order valence-corrected chi connectivity index (χ0v) is 13.7. The van der Waals surface area contributed by atoms with Crippen LogP contribution in [-0.2, 0) is 11.2 Å². The molecule has 3 rings (SSSR count). The molecule has 1 aromatic heterocycles. The second-order valence-electron chi connectivity index (χ2n) is 6.46. The van der Waals surface area contributed by atoms with Crippen LogP contribution in [0, 0.1) is 6.92 Å². The molecule has 1 heterocycles. The zero-order chi connectivity index (χ0) is 16.1. The molecule has 4 heteroatoms. The van der Waals surface area contributed by atoms with Gasteiger partial charge in [-0.15, -0.1) is 0 Å². The number of carbonyl (C=O) groups excluding carboxylic acids is 1. The number of aromatic nitrogens is 1. The van der Waals surface area contributed by atoms with Crippen LogP contribution < -0.4 is 5.32 Å². The Bertz CT molecular complexity index is 640. The number of aryl methyl sites for hydroxylation is 2. The van der Waals surface area contributed by atoms with E-state index in [-0.39, 0.29) is 5.91 Å². The summed E-state index contributed by atoms with van der Waals surface area (Å²) in [6.07, 6.45) is 8.79. The fraction of sp³-hybridized carbons (Fsp3) is 0.474. The van der Waals surface area contributed by atoms with Crippen molar-refractivity contribution >= 4 is 5.91 Å². The maximum atomic E-state index is 12.1. The lowest BCUT2D eigenvalue weighted by Crippen LogP contribution is -2.36. The van der Waals surface area contributed by atoms with Crippen molar-refractivity contribution in [1.82, 2.24) is 10.5 Å². The van der Waals surface area contributed by atoms with Crippen molar-refractivity contribution in [2.24, 2.45) is 0 Å². The van der Waals surface area contributed by atoms with E-state index in [1.807, 2.05) is 12.1 Å². The predicted octanol–water partition coefficient (Wildman–Crippen LogP) is 4.03. The Morgan fingerprint density at radius 2 is 1.96 bits per heavy atom. The lowest BCUT2D eigenvalue weighted by atomic mass is 9.95. The van der Waals surface area contributed by atoms with Crippen LogP contribution in [0.5, 0.6) is 0 Å². The van der Waals surface area contributed by atoms with Gasteiger partial charge in [0.25, 0.3) is 0 Å². The minimum absolute atomic E-state index is 0.132. The standard InChI is InChI=1S/C19H24N2O2/c1-14-7-9-15(10-8-14)19-16(13-23-21-19)11-12-18(22)20-17-5-3-2-4-6-17/h7-10,13,17H,2-6,11-12H2,1H3,(H,20,22). The smallest absolute Gasteiger partial charge is 0.220 e. The number of amides is 1. The largest absolute Gasteiger partial charge is 0.364 e. The number of hydrogen-bond acceptors (Lipinski definition) is 3. The molecule has 1 saturated carbocycles. The van der Waals surface area contributed by atoms with Gasteiger partial charge < -0.3 is 9.84 Å². The Morgan fingerprint density at radius 1 is 1.22 bits per heavy atom. The summed E-state index contributed by atoms with van der Waals surface area (Å²) in [5.74, 6) is 0.132. The van der Waals surface area contributed by atoms with E-state index in [9.17, 15) is 4.79 Å². The average Bonchev–Trinajstić information content (AvgIpc) is 3.03. The number of benzene rings is 1. The second kappa shape index (κ2) is 7.44. The maximum absolute atomic E-state index is 12.1. The van der Waals surface area contributed by atoms with E-state index in [0.29, 0.717) is 18.9 Å². The maximum Gasteiger partial charge on any atom is 0.220 e. The first-order valence-electron chi connectivity index (χ1n) is 8.52. The fourth-order valence-electron chi connectivity index (χ4n) is 3.18. The molecule has 4 nitrogen and oxygen atoms in total. The molecular weight excluding hydrogens is 288 g/mol. The summed E-state index contributed by atoms with van der Waals surface area (Å²) in [5, 5.41) is 7.26. The summed E-state index contributed by atoms with van der Waals surface area (Å²) >= 11 is 0. The van der Waals surface area contributed by atoms with Crippen LogP contribution in [0.3, 0.4) is 0 Å². The fourth-order valence-corrected chi connectivity index (χ4v) is 3.18. The van der Waals surface area contributed by atoms with Crippen LogP contribution in [0.4, 0.5) is 0 Å². The van der Waals surface area contributed by atoms with Crippen molar-refractivity contribution in [2.75, 3.05) is 0 Å². The van der Waals surface area contributed by atoms with E-state index in [4.69, 9.17) is 4.52 Å². The number of nitrogens with zero attached hydrogens (tertiary/aromatic N) is 1. The SMILES string of the molecule is Cc1ccc(-c2nocc2CCC(=O)NC2CCCCC2)cc1. The van der Waals surface area contributed by atoms with Crippen molar-refractivity contribution in [3.63, 3.8) is 0 Å². The summed E-state index contributed by atoms with van der Waals surface area (Å²) in [5.41, 5.74) is 4.08. The normalized spacial score (nSPS) is 15.5. The summed E-state index contributed by atoms with van der Waals surface area (Å²) in [6.45, 7) is 2.06. The number of rotatable bonds is 5. The molecule has 1 fully saturated rings. The van der Waals surface area contributed by atoms with E-state index in [2.05, 4.69) is 29.5 Å². The van der Waals surface area contributed by atoms with Crippen molar-refractivity contribution in [3.8, 4) is 11.3 Å². The molecule has 23 heavy (non-hydrogen) atoms. The molecule has 0 saturated heterocycles. The minimum atomic E-state index is 0.132. The summed E-state index contributed by atoms with van der Waals surface area (Å²) in [4.78, 5) is 12.1. The number of nitrogens with one attached hydrogen (secondary N) is 1. The first-order valence-corrected chi connectivity index (χ1v) is 8.52. The molecule has 1 aliphatic carbocycles. The monoisotopic (exact) mass is 312 g/mol. The van der Waals surface area contributed by atoms with Crippen LogP contribution in [-0.4, -0.2) is 17.1 Å². The van der Waals surface area contributed by atoms with Gasteiger partial charge in [0.05, 0.1) is 0 Å². The molecule has 0 bridgehead atoms. The molecule has 1 aromatic carbocycles. The zero-order valence-electron chi connectivity index (χ0n) is 13.7. The van der Waals surface area contributed by atoms with Crippen molar-refractivity contribution in [2.45, 2.75) is 57.9 Å². The third-order valence-electron chi connectivity index (χ3n) is 4.56. The van der Waals surface area contributed by atoms with Gasteiger partial charge in [-0.25, -0.2) is 0 Å². The molecular formula is C19H24N2O2. The summed E-state index contributed by atoms with van der Waals surface area (Å²) in [7, 11) is 0. The van der Waals surface area contributed by atoms with Gasteiger partial charge in [0.15, 0.2) is 0 Å². The van der Waals surface area contributed by atoms with Crippen molar-refractivity contribution in [3.05, 3.63) is 41.7 Å². The average molecular weight is 312 g/mol. The third-order valence-corrected chi connectivity index (χ3v) is 4.56.